The summed E-state index contributed by atoms with van der Waals surface area (Å²) >= 11 is 0. The first-order valence-electron chi connectivity index (χ1n) is 7.01. The molecule has 2 rings (SSSR count). The van der Waals surface area contributed by atoms with Gasteiger partial charge in [0.25, 0.3) is 5.91 Å². The van der Waals surface area contributed by atoms with Crippen molar-refractivity contribution in [1.82, 2.24) is 10.2 Å². The van der Waals surface area contributed by atoms with E-state index in [4.69, 9.17) is 4.74 Å². The fourth-order valence-electron chi connectivity index (χ4n) is 2.45. The van der Waals surface area contributed by atoms with Gasteiger partial charge in [0.05, 0.1) is 12.6 Å². The SMILES string of the molecule is CCN(C(=O)C1CNCCO1)C(C)c1ccc(F)cc1.Cl. The third kappa shape index (κ3) is 4.40. The second kappa shape index (κ2) is 8.32. The maximum Gasteiger partial charge on any atom is 0.253 e. The van der Waals surface area contributed by atoms with Gasteiger partial charge in [0.1, 0.15) is 11.9 Å². The van der Waals surface area contributed by atoms with Gasteiger partial charge in [-0.25, -0.2) is 4.39 Å². The summed E-state index contributed by atoms with van der Waals surface area (Å²) in [4.78, 5) is 14.3. The first-order valence-corrected chi connectivity index (χ1v) is 7.01. The molecule has 1 fully saturated rings. The van der Waals surface area contributed by atoms with Crippen LogP contribution in [0.3, 0.4) is 0 Å². The summed E-state index contributed by atoms with van der Waals surface area (Å²) < 4.78 is 18.5. The molecule has 4 nitrogen and oxygen atoms in total. The molecule has 0 spiro atoms. The molecular formula is C15H22ClFN2O2. The Hall–Kier alpha value is -1.17. The number of nitrogens with one attached hydrogen (secondary N) is 1. The zero-order valence-corrected chi connectivity index (χ0v) is 13.2. The van der Waals surface area contributed by atoms with Crippen molar-refractivity contribution in [2.45, 2.75) is 26.0 Å². The van der Waals surface area contributed by atoms with Crippen molar-refractivity contribution < 1.29 is 13.9 Å². The largest absolute Gasteiger partial charge is 0.366 e. The lowest BCUT2D eigenvalue weighted by Crippen LogP contribution is -2.49. The molecule has 21 heavy (non-hydrogen) atoms. The van der Waals surface area contributed by atoms with Crippen LogP contribution in [0.5, 0.6) is 0 Å². The van der Waals surface area contributed by atoms with Crippen molar-refractivity contribution >= 4 is 18.3 Å². The fraction of sp³-hybridized carbons (Fsp3) is 0.533. The Labute approximate surface area is 131 Å². The molecule has 0 radical (unpaired) electrons. The van der Waals surface area contributed by atoms with Crippen molar-refractivity contribution in [3.8, 4) is 0 Å². The Kier molecular flexibility index (Phi) is 7.08. The number of halogens is 2. The Bertz CT molecular complexity index is 449. The summed E-state index contributed by atoms with van der Waals surface area (Å²) in [6.07, 6.45) is -0.424. The van der Waals surface area contributed by atoms with Crippen LogP contribution in [-0.4, -0.2) is 43.2 Å². The molecule has 1 N–H and O–H groups in total. The van der Waals surface area contributed by atoms with Crippen LogP contribution in [0.25, 0.3) is 0 Å². The van der Waals surface area contributed by atoms with Crippen LogP contribution in [0.1, 0.15) is 25.5 Å². The molecule has 2 unspecified atom stereocenters. The second-order valence-corrected chi connectivity index (χ2v) is 4.92. The zero-order valence-electron chi connectivity index (χ0n) is 12.3. The number of hydrogen-bond acceptors (Lipinski definition) is 3. The van der Waals surface area contributed by atoms with E-state index in [1.165, 1.54) is 12.1 Å². The number of hydrogen-bond donors (Lipinski definition) is 1. The maximum absolute atomic E-state index is 13.0. The Morgan fingerprint density at radius 2 is 2.14 bits per heavy atom. The predicted octanol–water partition coefficient (Wildman–Crippen LogP) is 2.15. The van der Waals surface area contributed by atoms with Gasteiger partial charge in [-0.15, -0.1) is 12.4 Å². The minimum absolute atomic E-state index is 0. The standard InChI is InChI=1S/C15H21FN2O2.ClH/c1-3-18(15(19)14-10-17-8-9-20-14)11(2)12-4-6-13(16)7-5-12;/h4-7,11,14,17H,3,8-10H2,1-2H3;1H. The Morgan fingerprint density at radius 1 is 1.48 bits per heavy atom. The molecule has 1 aromatic carbocycles. The van der Waals surface area contributed by atoms with Crippen LogP contribution in [0.2, 0.25) is 0 Å². The topological polar surface area (TPSA) is 41.6 Å². The highest BCUT2D eigenvalue weighted by Crippen LogP contribution is 2.21. The van der Waals surface area contributed by atoms with E-state index in [9.17, 15) is 9.18 Å². The van der Waals surface area contributed by atoms with E-state index in [1.54, 1.807) is 17.0 Å². The number of benzene rings is 1. The number of likely N-dealkylation sites (N-methyl/N-ethyl adjacent to an activating group) is 1. The van der Waals surface area contributed by atoms with Gasteiger partial charge in [-0.1, -0.05) is 12.1 Å². The molecule has 1 heterocycles. The van der Waals surface area contributed by atoms with Gasteiger partial charge in [0.15, 0.2) is 0 Å². The molecule has 0 aromatic heterocycles. The lowest BCUT2D eigenvalue weighted by atomic mass is 10.1. The maximum atomic E-state index is 13.0. The second-order valence-electron chi connectivity index (χ2n) is 4.92. The van der Waals surface area contributed by atoms with E-state index >= 15 is 0 Å². The highest BCUT2D eigenvalue weighted by Gasteiger charge is 2.29. The van der Waals surface area contributed by atoms with Crippen LogP contribution in [0.4, 0.5) is 4.39 Å². The van der Waals surface area contributed by atoms with Gasteiger partial charge >= 0.3 is 0 Å². The third-order valence-electron chi connectivity index (χ3n) is 3.65. The van der Waals surface area contributed by atoms with Gasteiger partial charge in [-0.05, 0) is 31.5 Å². The molecule has 6 heteroatoms. The predicted molar refractivity (Wildman–Crippen MR) is 82.1 cm³/mol. The van der Waals surface area contributed by atoms with Crippen LogP contribution >= 0.6 is 12.4 Å². The molecule has 0 saturated carbocycles. The van der Waals surface area contributed by atoms with Gasteiger partial charge in [0.2, 0.25) is 0 Å². The van der Waals surface area contributed by atoms with Gasteiger partial charge in [-0.3, -0.25) is 4.79 Å². The first-order chi connectivity index (χ1) is 9.63. The molecule has 1 saturated heterocycles. The number of morpholine rings is 1. The number of carbonyl (C=O) groups is 1. The summed E-state index contributed by atoms with van der Waals surface area (Å²) in [6.45, 7) is 6.37. The molecule has 0 bridgehead atoms. The lowest BCUT2D eigenvalue weighted by Gasteiger charge is -2.33. The summed E-state index contributed by atoms with van der Waals surface area (Å²) in [7, 11) is 0. The Balaban J connectivity index is 0.00000220. The van der Waals surface area contributed by atoms with E-state index < -0.39 is 6.10 Å². The highest BCUT2D eigenvalue weighted by molar-refractivity contribution is 5.85. The molecule has 0 aliphatic carbocycles. The Morgan fingerprint density at radius 3 is 2.67 bits per heavy atom. The average Bonchev–Trinajstić information content (AvgIpc) is 2.49. The zero-order chi connectivity index (χ0) is 14.5. The minimum Gasteiger partial charge on any atom is -0.366 e. The average molecular weight is 317 g/mol. The van der Waals surface area contributed by atoms with Gasteiger partial charge < -0.3 is 15.0 Å². The van der Waals surface area contributed by atoms with Gasteiger partial charge in [-0.2, -0.15) is 0 Å². The minimum atomic E-state index is -0.424. The number of ether oxygens (including phenoxy) is 1. The van der Waals surface area contributed by atoms with E-state index in [0.717, 1.165) is 12.1 Å². The van der Waals surface area contributed by atoms with E-state index in [0.29, 0.717) is 19.7 Å². The smallest absolute Gasteiger partial charge is 0.253 e. The quantitative estimate of drug-likeness (QED) is 0.925. The van der Waals surface area contributed by atoms with Crippen molar-refractivity contribution in [1.29, 1.82) is 0 Å². The molecule has 118 valence electrons. The first kappa shape index (κ1) is 17.9. The van der Waals surface area contributed by atoms with Crippen LogP contribution in [0, 0.1) is 5.82 Å². The summed E-state index contributed by atoms with van der Waals surface area (Å²) in [5.74, 6) is -0.285. The normalized spacial score (nSPS) is 19.5. The molecular weight excluding hydrogens is 295 g/mol. The van der Waals surface area contributed by atoms with E-state index in [2.05, 4.69) is 5.32 Å². The fourth-order valence-corrected chi connectivity index (χ4v) is 2.45. The monoisotopic (exact) mass is 316 g/mol. The third-order valence-corrected chi connectivity index (χ3v) is 3.65. The van der Waals surface area contributed by atoms with Crippen LogP contribution in [-0.2, 0) is 9.53 Å². The van der Waals surface area contributed by atoms with Crippen LogP contribution < -0.4 is 5.32 Å². The highest BCUT2D eigenvalue weighted by atomic mass is 35.5. The number of nitrogens with zero attached hydrogens (tertiary/aromatic N) is 1. The van der Waals surface area contributed by atoms with Crippen molar-refractivity contribution in [3.63, 3.8) is 0 Å². The molecule has 1 aliphatic rings. The summed E-state index contributed by atoms with van der Waals surface area (Å²) in [6, 6.07) is 6.18. The summed E-state index contributed by atoms with van der Waals surface area (Å²) in [5.41, 5.74) is 0.922. The van der Waals surface area contributed by atoms with E-state index in [1.807, 2.05) is 13.8 Å². The van der Waals surface area contributed by atoms with Gasteiger partial charge in [0, 0.05) is 19.6 Å². The van der Waals surface area contributed by atoms with Crippen molar-refractivity contribution in [3.05, 3.63) is 35.6 Å². The number of carbonyl (C=O) groups excluding carboxylic acids is 1. The molecule has 1 amide bonds. The lowest BCUT2D eigenvalue weighted by molar-refractivity contribution is -0.147. The number of amides is 1. The molecule has 1 aliphatic heterocycles. The molecule has 2 atom stereocenters. The summed E-state index contributed by atoms with van der Waals surface area (Å²) in [5, 5.41) is 3.16. The number of rotatable bonds is 4. The molecule has 1 aromatic rings. The van der Waals surface area contributed by atoms with Crippen LogP contribution in [0.15, 0.2) is 24.3 Å². The van der Waals surface area contributed by atoms with Crippen molar-refractivity contribution in [2.75, 3.05) is 26.2 Å². The van der Waals surface area contributed by atoms with E-state index in [-0.39, 0.29) is 30.2 Å². The van der Waals surface area contributed by atoms with Crippen molar-refractivity contribution in [2.24, 2.45) is 0 Å².